The summed E-state index contributed by atoms with van der Waals surface area (Å²) >= 11 is 0. The van der Waals surface area contributed by atoms with Crippen molar-refractivity contribution in [1.29, 1.82) is 0 Å². The fourth-order valence-corrected chi connectivity index (χ4v) is 1.89. The lowest BCUT2D eigenvalue weighted by Gasteiger charge is -2.21. The summed E-state index contributed by atoms with van der Waals surface area (Å²) in [6, 6.07) is 9.02. The number of nitrogens with zero attached hydrogens (tertiary/aromatic N) is 1. The van der Waals surface area contributed by atoms with Gasteiger partial charge in [0.15, 0.2) is 0 Å². The Morgan fingerprint density at radius 1 is 1.29 bits per heavy atom. The lowest BCUT2D eigenvalue weighted by Crippen LogP contribution is -2.23. The maximum absolute atomic E-state index is 5.36. The molecule has 0 spiro atoms. The number of hydrogen-bond acceptors (Lipinski definition) is 2. The van der Waals surface area contributed by atoms with Crippen LogP contribution in [0.25, 0.3) is 0 Å². The highest BCUT2D eigenvalue weighted by molar-refractivity contribution is 5.48. The third kappa shape index (κ3) is 3.80. The molecule has 0 fully saturated rings. The molecule has 1 N–H and O–H groups in total. The summed E-state index contributed by atoms with van der Waals surface area (Å²) in [5.74, 6) is 2.69. The average Bonchev–Trinajstić information content (AvgIpc) is 2.36. The standard InChI is InChI=1S/C15H22N2/c1-5-12-17(7-3)15-10-8-14(9-11-15)13(4)16-6-2/h1,8-11,13,16H,6-7,12H2,2-4H3. The highest BCUT2D eigenvalue weighted by Crippen LogP contribution is 2.18. The highest BCUT2D eigenvalue weighted by Gasteiger charge is 2.05. The van der Waals surface area contributed by atoms with E-state index in [2.05, 4.69) is 61.2 Å². The first-order valence-electron chi connectivity index (χ1n) is 6.24. The first-order valence-corrected chi connectivity index (χ1v) is 6.24. The van der Waals surface area contributed by atoms with Crippen LogP contribution in [0.15, 0.2) is 24.3 Å². The molecule has 0 aromatic heterocycles. The van der Waals surface area contributed by atoms with E-state index in [9.17, 15) is 0 Å². The zero-order chi connectivity index (χ0) is 12.7. The van der Waals surface area contributed by atoms with Crippen LogP contribution in [0.4, 0.5) is 5.69 Å². The van der Waals surface area contributed by atoms with E-state index >= 15 is 0 Å². The van der Waals surface area contributed by atoms with Gasteiger partial charge in [0.05, 0.1) is 6.54 Å². The number of anilines is 1. The Morgan fingerprint density at radius 3 is 2.41 bits per heavy atom. The summed E-state index contributed by atoms with van der Waals surface area (Å²) in [5, 5.41) is 3.40. The van der Waals surface area contributed by atoms with Crippen molar-refractivity contribution in [2.45, 2.75) is 26.8 Å². The van der Waals surface area contributed by atoms with Gasteiger partial charge in [0.25, 0.3) is 0 Å². The van der Waals surface area contributed by atoms with E-state index in [4.69, 9.17) is 6.42 Å². The van der Waals surface area contributed by atoms with Crippen molar-refractivity contribution in [2.24, 2.45) is 0 Å². The second kappa shape index (κ2) is 6.98. The Morgan fingerprint density at radius 2 is 1.94 bits per heavy atom. The molecule has 0 saturated carbocycles. The molecule has 1 aromatic rings. The van der Waals surface area contributed by atoms with Crippen LogP contribution in [-0.4, -0.2) is 19.6 Å². The van der Waals surface area contributed by atoms with Gasteiger partial charge in [-0.15, -0.1) is 6.42 Å². The Hall–Kier alpha value is -1.46. The van der Waals surface area contributed by atoms with Gasteiger partial charge in [0, 0.05) is 18.3 Å². The predicted octanol–water partition coefficient (Wildman–Crippen LogP) is 2.82. The number of terminal acetylenes is 1. The molecule has 0 aliphatic carbocycles. The molecule has 0 bridgehead atoms. The van der Waals surface area contributed by atoms with Crippen molar-refractivity contribution in [1.82, 2.24) is 5.32 Å². The van der Waals surface area contributed by atoms with Crippen LogP contribution < -0.4 is 10.2 Å². The molecule has 0 radical (unpaired) electrons. The maximum Gasteiger partial charge on any atom is 0.0791 e. The smallest absolute Gasteiger partial charge is 0.0791 e. The number of rotatable bonds is 6. The summed E-state index contributed by atoms with van der Waals surface area (Å²) < 4.78 is 0. The summed E-state index contributed by atoms with van der Waals surface area (Å²) in [7, 11) is 0. The summed E-state index contributed by atoms with van der Waals surface area (Å²) in [5.41, 5.74) is 2.50. The van der Waals surface area contributed by atoms with Crippen molar-refractivity contribution in [3.8, 4) is 12.3 Å². The molecular formula is C15H22N2. The fourth-order valence-electron chi connectivity index (χ4n) is 1.89. The zero-order valence-corrected chi connectivity index (χ0v) is 11.0. The highest BCUT2D eigenvalue weighted by atomic mass is 15.1. The third-order valence-corrected chi connectivity index (χ3v) is 2.93. The Balaban J connectivity index is 2.76. The molecule has 1 unspecified atom stereocenters. The molecule has 0 amide bonds. The molecule has 17 heavy (non-hydrogen) atoms. The number of nitrogens with one attached hydrogen (secondary N) is 1. The molecule has 92 valence electrons. The van der Waals surface area contributed by atoms with E-state index < -0.39 is 0 Å². The van der Waals surface area contributed by atoms with E-state index in [1.165, 1.54) is 11.3 Å². The van der Waals surface area contributed by atoms with Crippen molar-refractivity contribution >= 4 is 5.69 Å². The van der Waals surface area contributed by atoms with Crippen molar-refractivity contribution in [3.63, 3.8) is 0 Å². The van der Waals surface area contributed by atoms with E-state index in [0.29, 0.717) is 12.6 Å². The first-order chi connectivity index (χ1) is 8.22. The van der Waals surface area contributed by atoms with Gasteiger partial charge in [-0.05, 0) is 38.1 Å². The second-order valence-corrected chi connectivity index (χ2v) is 4.09. The second-order valence-electron chi connectivity index (χ2n) is 4.09. The van der Waals surface area contributed by atoms with Crippen LogP contribution in [0, 0.1) is 12.3 Å². The lowest BCUT2D eigenvalue weighted by atomic mass is 10.1. The topological polar surface area (TPSA) is 15.3 Å². The lowest BCUT2D eigenvalue weighted by molar-refractivity contribution is 0.598. The minimum Gasteiger partial charge on any atom is -0.361 e. The Bertz CT molecular complexity index is 362. The number of benzene rings is 1. The molecule has 1 rings (SSSR count). The molecule has 0 aliphatic rings. The van der Waals surface area contributed by atoms with Crippen LogP contribution in [0.5, 0.6) is 0 Å². The minimum absolute atomic E-state index is 0.400. The number of hydrogen-bond donors (Lipinski definition) is 1. The van der Waals surface area contributed by atoms with Crippen LogP contribution in [0.1, 0.15) is 32.4 Å². The van der Waals surface area contributed by atoms with Gasteiger partial charge in [-0.1, -0.05) is 25.0 Å². The molecule has 2 nitrogen and oxygen atoms in total. The van der Waals surface area contributed by atoms with Crippen LogP contribution in [0.2, 0.25) is 0 Å². The van der Waals surface area contributed by atoms with Gasteiger partial charge in [0.2, 0.25) is 0 Å². The van der Waals surface area contributed by atoms with Gasteiger partial charge in [-0.2, -0.15) is 0 Å². The quantitative estimate of drug-likeness (QED) is 0.756. The minimum atomic E-state index is 0.400. The molecule has 1 aromatic carbocycles. The van der Waals surface area contributed by atoms with Gasteiger partial charge >= 0.3 is 0 Å². The fraction of sp³-hybridized carbons (Fsp3) is 0.467. The van der Waals surface area contributed by atoms with Crippen LogP contribution in [0.3, 0.4) is 0 Å². The maximum atomic E-state index is 5.36. The summed E-state index contributed by atoms with van der Waals surface area (Å²) in [6.45, 7) is 9.01. The predicted molar refractivity (Wildman–Crippen MR) is 75.3 cm³/mol. The first kappa shape index (κ1) is 13.6. The van der Waals surface area contributed by atoms with E-state index in [1.54, 1.807) is 0 Å². The van der Waals surface area contributed by atoms with Crippen LogP contribution >= 0.6 is 0 Å². The molecule has 2 heteroatoms. The Labute approximate surface area is 105 Å². The van der Waals surface area contributed by atoms with Gasteiger partial charge in [-0.25, -0.2) is 0 Å². The summed E-state index contributed by atoms with van der Waals surface area (Å²) in [6.07, 6.45) is 5.36. The van der Waals surface area contributed by atoms with Gasteiger partial charge < -0.3 is 10.2 Å². The SMILES string of the molecule is C#CCN(CC)c1ccc(C(C)NCC)cc1. The van der Waals surface area contributed by atoms with Crippen LogP contribution in [-0.2, 0) is 0 Å². The van der Waals surface area contributed by atoms with E-state index in [1.807, 2.05) is 0 Å². The van der Waals surface area contributed by atoms with Gasteiger partial charge in [-0.3, -0.25) is 0 Å². The van der Waals surface area contributed by atoms with E-state index in [-0.39, 0.29) is 0 Å². The van der Waals surface area contributed by atoms with Gasteiger partial charge in [0.1, 0.15) is 0 Å². The van der Waals surface area contributed by atoms with Crippen molar-refractivity contribution < 1.29 is 0 Å². The average molecular weight is 230 g/mol. The molecule has 0 aliphatic heterocycles. The third-order valence-electron chi connectivity index (χ3n) is 2.93. The molecule has 0 saturated heterocycles. The largest absolute Gasteiger partial charge is 0.361 e. The Kier molecular flexibility index (Phi) is 5.59. The normalized spacial score (nSPS) is 11.9. The van der Waals surface area contributed by atoms with E-state index in [0.717, 1.165) is 13.1 Å². The van der Waals surface area contributed by atoms with Crippen molar-refractivity contribution in [3.05, 3.63) is 29.8 Å². The zero-order valence-electron chi connectivity index (χ0n) is 11.0. The van der Waals surface area contributed by atoms with Crippen molar-refractivity contribution in [2.75, 3.05) is 24.5 Å². The summed E-state index contributed by atoms with van der Waals surface area (Å²) in [4.78, 5) is 2.18. The monoisotopic (exact) mass is 230 g/mol. The molecule has 0 heterocycles. The molecular weight excluding hydrogens is 208 g/mol. The molecule has 1 atom stereocenters.